The number of rotatable bonds is 4. The van der Waals surface area contributed by atoms with Crippen LogP contribution in [0.25, 0.3) is 0 Å². The molecule has 5 heteroatoms. The van der Waals surface area contributed by atoms with Gasteiger partial charge >= 0.3 is 0 Å². The normalized spacial score (nSPS) is 14.2. The highest BCUT2D eigenvalue weighted by Gasteiger charge is 2.12. The Morgan fingerprint density at radius 2 is 2.18 bits per heavy atom. The third-order valence-corrected chi connectivity index (χ3v) is 2.64. The van der Waals surface area contributed by atoms with E-state index in [1.807, 2.05) is 6.92 Å². The van der Waals surface area contributed by atoms with Crippen molar-refractivity contribution in [3.63, 3.8) is 0 Å². The lowest BCUT2D eigenvalue weighted by atomic mass is 10.1. The first kappa shape index (κ1) is 14.0. The Morgan fingerprint density at radius 1 is 1.53 bits per heavy atom. The van der Waals surface area contributed by atoms with Crippen molar-refractivity contribution in [2.75, 3.05) is 6.54 Å². The zero-order valence-corrected chi connectivity index (χ0v) is 10.7. The Hall–Kier alpha value is -1.10. The summed E-state index contributed by atoms with van der Waals surface area (Å²) in [6, 6.07) is 4.64. The molecule has 1 aromatic carbocycles. The number of nitrogens with one attached hydrogen (secondary N) is 1. The van der Waals surface area contributed by atoms with Crippen molar-refractivity contribution in [2.24, 2.45) is 5.73 Å². The quantitative estimate of drug-likeness (QED) is 0.755. The third-order valence-electron chi connectivity index (χ3n) is 2.42. The molecule has 0 saturated carbocycles. The van der Waals surface area contributed by atoms with Crippen molar-refractivity contribution in [3.8, 4) is 0 Å². The molecule has 1 amide bonds. The van der Waals surface area contributed by atoms with Crippen LogP contribution in [0.5, 0.6) is 0 Å². The topological polar surface area (TPSA) is 75.4 Å². The Balaban J connectivity index is 2.64. The van der Waals surface area contributed by atoms with Gasteiger partial charge in [0.1, 0.15) is 0 Å². The van der Waals surface area contributed by atoms with E-state index in [1.54, 1.807) is 25.1 Å². The summed E-state index contributed by atoms with van der Waals surface area (Å²) >= 11 is 5.86. The molecule has 0 aliphatic carbocycles. The van der Waals surface area contributed by atoms with Gasteiger partial charge in [-0.15, -0.1) is 0 Å². The van der Waals surface area contributed by atoms with Gasteiger partial charge in [-0.2, -0.15) is 0 Å². The van der Waals surface area contributed by atoms with E-state index in [1.165, 1.54) is 0 Å². The maximum Gasteiger partial charge on any atom is 0.251 e. The first-order valence-corrected chi connectivity index (χ1v) is 5.77. The summed E-state index contributed by atoms with van der Waals surface area (Å²) in [5.41, 5.74) is 7.02. The van der Waals surface area contributed by atoms with E-state index in [4.69, 9.17) is 17.3 Å². The molecule has 4 nitrogen and oxygen atoms in total. The first-order chi connectivity index (χ1) is 7.90. The summed E-state index contributed by atoms with van der Waals surface area (Å²) in [4.78, 5) is 11.8. The second-order valence-electron chi connectivity index (χ2n) is 4.13. The van der Waals surface area contributed by atoms with E-state index >= 15 is 0 Å². The molecular weight excluding hydrogens is 240 g/mol. The van der Waals surface area contributed by atoms with Crippen LogP contribution in [0.15, 0.2) is 18.2 Å². The second-order valence-corrected chi connectivity index (χ2v) is 4.57. The van der Waals surface area contributed by atoms with Crippen molar-refractivity contribution >= 4 is 17.5 Å². The van der Waals surface area contributed by atoms with E-state index in [9.17, 15) is 9.90 Å². The van der Waals surface area contributed by atoms with Gasteiger partial charge in [-0.3, -0.25) is 4.79 Å². The highest BCUT2D eigenvalue weighted by Crippen LogP contribution is 2.14. The Kier molecular flexibility index (Phi) is 4.93. The van der Waals surface area contributed by atoms with Crippen LogP contribution in [0, 0.1) is 6.92 Å². The number of aliphatic hydroxyl groups is 1. The zero-order valence-electron chi connectivity index (χ0n) is 9.90. The van der Waals surface area contributed by atoms with E-state index in [0.717, 1.165) is 5.56 Å². The Bertz CT molecular complexity index is 387. The molecular formula is C12H17ClN2O2. The molecule has 4 N–H and O–H groups in total. The molecule has 0 aliphatic rings. The summed E-state index contributed by atoms with van der Waals surface area (Å²) in [5.74, 6) is -0.244. The lowest BCUT2D eigenvalue weighted by molar-refractivity contribution is 0.0937. The predicted molar refractivity (Wildman–Crippen MR) is 68.2 cm³/mol. The molecule has 0 spiro atoms. The minimum Gasteiger partial charge on any atom is -0.392 e. The van der Waals surface area contributed by atoms with Crippen molar-refractivity contribution < 1.29 is 9.90 Å². The average molecular weight is 257 g/mol. The van der Waals surface area contributed by atoms with Crippen LogP contribution < -0.4 is 11.1 Å². The fourth-order valence-electron chi connectivity index (χ4n) is 1.35. The highest BCUT2D eigenvalue weighted by atomic mass is 35.5. The van der Waals surface area contributed by atoms with Gasteiger partial charge in [-0.1, -0.05) is 11.6 Å². The molecule has 1 rings (SSSR count). The second kappa shape index (κ2) is 6.00. The van der Waals surface area contributed by atoms with Gasteiger partial charge in [0.2, 0.25) is 0 Å². The number of halogens is 1. The fraction of sp³-hybridized carbons (Fsp3) is 0.417. The van der Waals surface area contributed by atoms with Crippen LogP contribution in [0.2, 0.25) is 5.02 Å². The van der Waals surface area contributed by atoms with Gasteiger partial charge < -0.3 is 16.2 Å². The highest BCUT2D eigenvalue weighted by molar-refractivity contribution is 6.31. The molecule has 0 bridgehead atoms. The molecule has 0 heterocycles. The monoisotopic (exact) mass is 256 g/mol. The molecule has 2 atom stereocenters. The van der Waals surface area contributed by atoms with Gasteiger partial charge in [-0.05, 0) is 37.6 Å². The van der Waals surface area contributed by atoms with Gasteiger partial charge in [0.05, 0.1) is 6.10 Å². The number of benzene rings is 1. The number of carbonyl (C=O) groups excluding carboxylic acids is 1. The van der Waals surface area contributed by atoms with E-state index < -0.39 is 12.1 Å². The molecule has 0 saturated heterocycles. The number of amides is 1. The predicted octanol–water partition coefficient (Wildman–Crippen LogP) is 1.09. The number of aryl methyl sites for hydroxylation is 1. The largest absolute Gasteiger partial charge is 0.392 e. The zero-order chi connectivity index (χ0) is 13.0. The first-order valence-electron chi connectivity index (χ1n) is 5.39. The number of aliphatic hydroxyl groups excluding tert-OH is 1. The lowest BCUT2D eigenvalue weighted by Crippen LogP contribution is -2.43. The maximum atomic E-state index is 11.8. The van der Waals surface area contributed by atoms with Gasteiger partial charge in [0, 0.05) is 23.2 Å². The number of carbonyl (C=O) groups is 1. The maximum absolute atomic E-state index is 11.8. The molecule has 0 aliphatic heterocycles. The SMILES string of the molecule is Cc1cc(Cl)cc(C(=O)NCC(N)C(C)O)c1. The van der Waals surface area contributed by atoms with Crippen molar-refractivity contribution in [2.45, 2.75) is 26.0 Å². The molecule has 94 valence electrons. The Labute approximate surface area is 106 Å². The van der Waals surface area contributed by atoms with Gasteiger partial charge in [0.25, 0.3) is 5.91 Å². The number of nitrogens with two attached hydrogens (primary N) is 1. The molecule has 0 aromatic heterocycles. The van der Waals surface area contributed by atoms with Crippen LogP contribution in [-0.4, -0.2) is 29.7 Å². The summed E-state index contributed by atoms with van der Waals surface area (Å²) in [6.45, 7) is 3.67. The van der Waals surface area contributed by atoms with Crippen LogP contribution in [0.4, 0.5) is 0 Å². The number of hydrogen-bond acceptors (Lipinski definition) is 3. The van der Waals surface area contributed by atoms with Crippen LogP contribution in [-0.2, 0) is 0 Å². The van der Waals surface area contributed by atoms with E-state index in [2.05, 4.69) is 5.32 Å². The third kappa shape index (κ3) is 4.34. The molecule has 0 radical (unpaired) electrons. The average Bonchev–Trinajstić information content (AvgIpc) is 2.23. The van der Waals surface area contributed by atoms with Crippen LogP contribution >= 0.6 is 11.6 Å². The van der Waals surface area contributed by atoms with E-state index in [0.29, 0.717) is 10.6 Å². The Morgan fingerprint density at radius 3 is 2.71 bits per heavy atom. The summed E-state index contributed by atoms with van der Waals surface area (Å²) in [5, 5.41) is 12.4. The van der Waals surface area contributed by atoms with Crippen LogP contribution in [0.1, 0.15) is 22.8 Å². The smallest absolute Gasteiger partial charge is 0.251 e. The van der Waals surface area contributed by atoms with Crippen molar-refractivity contribution in [1.29, 1.82) is 0 Å². The standard InChI is InChI=1S/C12H17ClN2O2/c1-7-3-9(5-10(13)4-7)12(17)15-6-11(14)8(2)16/h3-5,8,11,16H,6,14H2,1-2H3,(H,15,17). The summed E-state index contributed by atoms with van der Waals surface area (Å²) in [6.07, 6.45) is -0.656. The summed E-state index contributed by atoms with van der Waals surface area (Å²) < 4.78 is 0. The van der Waals surface area contributed by atoms with Gasteiger partial charge in [0.15, 0.2) is 0 Å². The fourth-order valence-corrected chi connectivity index (χ4v) is 1.64. The van der Waals surface area contributed by atoms with Crippen LogP contribution in [0.3, 0.4) is 0 Å². The minimum absolute atomic E-state index is 0.224. The van der Waals surface area contributed by atoms with E-state index in [-0.39, 0.29) is 12.5 Å². The van der Waals surface area contributed by atoms with Crippen molar-refractivity contribution in [3.05, 3.63) is 34.3 Å². The minimum atomic E-state index is -0.656. The molecule has 17 heavy (non-hydrogen) atoms. The van der Waals surface area contributed by atoms with Gasteiger partial charge in [-0.25, -0.2) is 0 Å². The number of hydrogen-bond donors (Lipinski definition) is 3. The molecule has 2 unspecified atom stereocenters. The molecule has 0 fully saturated rings. The lowest BCUT2D eigenvalue weighted by Gasteiger charge is -2.15. The van der Waals surface area contributed by atoms with Crippen molar-refractivity contribution in [1.82, 2.24) is 5.32 Å². The summed E-state index contributed by atoms with van der Waals surface area (Å²) in [7, 11) is 0. The molecule has 1 aromatic rings.